The van der Waals surface area contributed by atoms with Crippen LogP contribution in [-0.2, 0) is 0 Å². The van der Waals surface area contributed by atoms with Crippen molar-refractivity contribution in [1.82, 2.24) is 19.5 Å². The number of hydrogen-bond donors (Lipinski definition) is 1. The highest BCUT2D eigenvalue weighted by Gasteiger charge is 2.32. The Balaban J connectivity index is 1.84. The molecule has 0 bridgehead atoms. The highest BCUT2D eigenvalue weighted by Crippen LogP contribution is 2.41. The van der Waals surface area contributed by atoms with E-state index >= 15 is 0 Å². The molecule has 21 heavy (non-hydrogen) atoms. The first-order valence-corrected chi connectivity index (χ1v) is 7.87. The predicted molar refractivity (Wildman–Crippen MR) is 78.6 cm³/mol. The fourth-order valence-corrected chi connectivity index (χ4v) is 4.02. The highest BCUT2D eigenvalue weighted by atomic mass is 32.1. The maximum absolute atomic E-state index is 10.5. The van der Waals surface area contributed by atoms with Crippen LogP contribution in [0.15, 0.2) is 22.9 Å². The lowest BCUT2D eigenvalue weighted by molar-refractivity contribution is 0.244. The Hall–Kier alpha value is -1.86. The molecule has 0 unspecified atom stereocenters. The third-order valence-electron chi connectivity index (χ3n) is 3.92. The van der Waals surface area contributed by atoms with Crippen molar-refractivity contribution in [1.29, 1.82) is 0 Å². The van der Waals surface area contributed by atoms with E-state index in [1.54, 1.807) is 0 Å². The van der Waals surface area contributed by atoms with Crippen LogP contribution in [0.2, 0.25) is 0 Å². The smallest absolute Gasteiger partial charge is 0.230 e. The molecule has 7 heteroatoms. The van der Waals surface area contributed by atoms with Gasteiger partial charge in [-0.1, -0.05) is 11.3 Å². The van der Waals surface area contributed by atoms with Gasteiger partial charge >= 0.3 is 0 Å². The van der Waals surface area contributed by atoms with E-state index in [4.69, 9.17) is 4.42 Å². The van der Waals surface area contributed by atoms with Gasteiger partial charge in [-0.25, -0.2) is 4.98 Å². The van der Waals surface area contributed by atoms with Gasteiger partial charge in [0.25, 0.3) is 0 Å². The fraction of sp³-hybridized carbons (Fsp3) is 0.429. The molecule has 3 aromatic rings. The van der Waals surface area contributed by atoms with Crippen LogP contribution in [0.1, 0.15) is 35.3 Å². The summed E-state index contributed by atoms with van der Waals surface area (Å²) in [6.45, 7) is 3.96. The van der Waals surface area contributed by atoms with Gasteiger partial charge < -0.3 is 9.52 Å². The monoisotopic (exact) mass is 304 g/mol. The molecule has 1 saturated heterocycles. The lowest BCUT2D eigenvalue weighted by Gasteiger charge is -2.24. The Labute approximate surface area is 125 Å². The lowest BCUT2D eigenvalue weighted by atomic mass is 10.1. The third kappa shape index (κ3) is 2.04. The number of likely N-dealkylation sites (tertiary alicyclic amines) is 1. The van der Waals surface area contributed by atoms with E-state index in [0.717, 1.165) is 29.5 Å². The Bertz CT molecular complexity index is 769. The molecular formula is C14H16N4O2S. The molecule has 1 aliphatic heterocycles. The van der Waals surface area contributed by atoms with E-state index in [9.17, 15) is 5.11 Å². The SMILES string of the molecule is Cc1ccc([C@H](c2sc3ncnn3c2O)N2CCCC2)o1. The molecule has 3 aromatic heterocycles. The number of aryl methyl sites for hydroxylation is 1. The van der Waals surface area contributed by atoms with Crippen molar-refractivity contribution >= 4 is 16.3 Å². The van der Waals surface area contributed by atoms with Gasteiger partial charge in [0, 0.05) is 0 Å². The first kappa shape index (κ1) is 12.8. The molecular weight excluding hydrogens is 288 g/mol. The minimum Gasteiger partial charge on any atom is -0.492 e. The zero-order valence-corrected chi connectivity index (χ0v) is 12.5. The summed E-state index contributed by atoms with van der Waals surface area (Å²) < 4.78 is 7.33. The van der Waals surface area contributed by atoms with Crippen LogP contribution in [0.3, 0.4) is 0 Å². The zero-order valence-electron chi connectivity index (χ0n) is 11.7. The van der Waals surface area contributed by atoms with Gasteiger partial charge in [-0.05, 0) is 45.0 Å². The molecule has 0 radical (unpaired) electrons. The van der Waals surface area contributed by atoms with Crippen LogP contribution in [0.25, 0.3) is 4.96 Å². The van der Waals surface area contributed by atoms with E-state index in [1.807, 2.05) is 19.1 Å². The maximum atomic E-state index is 10.5. The Kier molecular flexibility index (Phi) is 2.97. The van der Waals surface area contributed by atoms with Crippen LogP contribution in [0.4, 0.5) is 0 Å². The standard InChI is InChI=1S/C14H16N4O2S/c1-9-4-5-10(20-9)11(17-6-2-3-7-17)12-13(19)18-14(21-12)15-8-16-18/h4-5,8,11,19H,2-3,6-7H2,1H3/t11-/m1/s1. The molecule has 1 fully saturated rings. The number of hydrogen-bond acceptors (Lipinski definition) is 6. The number of aromatic hydroxyl groups is 1. The van der Waals surface area contributed by atoms with Crippen molar-refractivity contribution in [3.63, 3.8) is 0 Å². The summed E-state index contributed by atoms with van der Waals surface area (Å²) in [6.07, 6.45) is 3.81. The van der Waals surface area contributed by atoms with Gasteiger partial charge in [-0.15, -0.1) is 0 Å². The molecule has 0 amide bonds. The zero-order chi connectivity index (χ0) is 14.4. The van der Waals surface area contributed by atoms with Crippen molar-refractivity contribution in [2.24, 2.45) is 0 Å². The average molecular weight is 304 g/mol. The van der Waals surface area contributed by atoms with Crippen molar-refractivity contribution in [2.75, 3.05) is 13.1 Å². The van der Waals surface area contributed by atoms with Crippen molar-refractivity contribution in [2.45, 2.75) is 25.8 Å². The van der Waals surface area contributed by atoms with Crippen molar-refractivity contribution < 1.29 is 9.52 Å². The molecule has 4 rings (SSSR count). The second-order valence-corrected chi connectivity index (χ2v) is 6.35. The van der Waals surface area contributed by atoms with Crippen LogP contribution in [0.5, 0.6) is 5.88 Å². The molecule has 0 saturated carbocycles. The first-order chi connectivity index (χ1) is 10.2. The van der Waals surface area contributed by atoms with Crippen LogP contribution >= 0.6 is 11.3 Å². The summed E-state index contributed by atoms with van der Waals surface area (Å²) in [4.78, 5) is 8.07. The van der Waals surface area contributed by atoms with Crippen molar-refractivity contribution in [3.05, 3.63) is 34.9 Å². The van der Waals surface area contributed by atoms with Crippen LogP contribution < -0.4 is 0 Å². The van der Waals surface area contributed by atoms with Gasteiger partial charge in [-0.3, -0.25) is 4.90 Å². The predicted octanol–water partition coefficient (Wildman–Crippen LogP) is 2.58. The van der Waals surface area contributed by atoms with Gasteiger partial charge in [0.05, 0.1) is 4.88 Å². The van der Waals surface area contributed by atoms with Gasteiger partial charge in [0.1, 0.15) is 23.9 Å². The van der Waals surface area contributed by atoms with E-state index in [2.05, 4.69) is 15.0 Å². The average Bonchev–Trinajstić information content (AvgIpc) is 3.20. The van der Waals surface area contributed by atoms with E-state index in [-0.39, 0.29) is 11.9 Å². The molecule has 110 valence electrons. The summed E-state index contributed by atoms with van der Waals surface area (Å²) in [5, 5.41) is 14.5. The molecule has 0 aromatic carbocycles. The molecule has 1 aliphatic rings. The quantitative estimate of drug-likeness (QED) is 0.805. The summed E-state index contributed by atoms with van der Waals surface area (Å²) in [6, 6.07) is 3.90. The largest absolute Gasteiger partial charge is 0.492 e. The number of aromatic nitrogens is 3. The molecule has 1 atom stereocenters. The molecule has 1 N–H and O–H groups in total. The Morgan fingerprint density at radius 2 is 2.14 bits per heavy atom. The summed E-state index contributed by atoms with van der Waals surface area (Å²) >= 11 is 1.47. The summed E-state index contributed by atoms with van der Waals surface area (Å²) in [7, 11) is 0. The Morgan fingerprint density at radius 3 is 2.81 bits per heavy atom. The Morgan fingerprint density at radius 1 is 1.33 bits per heavy atom. The van der Waals surface area contributed by atoms with Gasteiger partial charge in [-0.2, -0.15) is 9.61 Å². The highest BCUT2D eigenvalue weighted by molar-refractivity contribution is 7.17. The number of nitrogens with zero attached hydrogens (tertiary/aromatic N) is 4. The second-order valence-electron chi connectivity index (χ2n) is 5.34. The minimum atomic E-state index is -0.0605. The van der Waals surface area contributed by atoms with E-state index in [0.29, 0.717) is 4.96 Å². The van der Waals surface area contributed by atoms with Crippen LogP contribution in [-0.4, -0.2) is 37.7 Å². The van der Waals surface area contributed by atoms with E-state index in [1.165, 1.54) is 35.0 Å². The van der Waals surface area contributed by atoms with Crippen LogP contribution in [0, 0.1) is 6.92 Å². The fourth-order valence-electron chi connectivity index (χ4n) is 2.95. The summed E-state index contributed by atoms with van der Waals surface area (Å²) in [5.41, 5.74) is 0. The minimum absolute atomic E-state index is 0.0605. The molecule has 4 heterocycles. The normalized spacial score (nSPS) is 17.8. The third-order valence-corrected chi connectivity index (χ3v) is 5.01. The summed E-state index contributed by atoms with van der Waals surface area (Å²) in [5.74, 6) is 1.92. The lowest BCUT2D eigenvalue weighted by Crippen LogP contribution is -2.25. The number of fused-ring (bicyclic) bond motifs is 1. The molecule has 6 nitrogen and oxygen atoms in total. The number of furan rings is 1. The molecule has 0 spiro atoms. The first-order valence-electron chi connectivity index (χ1n) is 7.06. The second kappa shape index (κ2) is 4.85. The van der Waals surface area contributed by atoms with Crippen molar-refractivity contribution in [3.8, 4) is 5.88 Å². The van der Waals surface area contributed by atoms with Gasteiger partial charge in [0.2, 0.25) is 10.8 Å². The molecule has 0 aliphatic carbocycles. The van der Waals surface area contributed by atoms with Gasteiger partial charge in [0.15, 0.2) is 0 Å². The topological polar surface area (TPSA) is 66.8 Å². The number of rotatable bonds is 3. The number of thiazole rings is 1. The maximum Gasteiger partial charge on any atom is 0.230 e. The van der Waals surface area contributed by atoms with E-state index < -0.39 is 0 Å².